The Morgan fingerprint density at radius 2 is 1.73 bits per heavy atom. The van der Waals surface area contributed by atoms with Crippen molar-refractivity contribution >= 4 is 39.1 Å². The summed E-state index contributed by atoms with van der Waals surface area (Å²) in [5.41, 5.74) is 2.48. The first-order chi connectivity index (χ1) is 19.5. The van der Waals surface area contributed by atoms with Crippen LogP contribution >= 0.6 is 0 Å². The van der Waals surface area contributed by atoms with Crippen molar-refractivity contribution < 1.29 is 27.1 Å². The fourth-order valence-corrected chi connectivity index (χ4v) is 6.27. The maximum absolute atomic E-state index is 13.6. The molecular weight excluding hydrogens is 554 g/mol. The molecule has 1 aromatic heterocycles. The fraction of sp³-hybridized carbons (Fsp3) is 0.536. The second-order valence-corrected chi connectivity index (χ2v) is 13.5. The molecule has 222 valence electrons. The van der Waals surface area contributed by atoms with Crippen LogP contribution in [0, 0.1) is 12.3 Å². The number of benzene rings is 1. The van der Waals surface area contributed by atoms with Gasteiger partial charge in [0.2, 0.25) is 16.0 Å². The normalized spacial score (nSPS) is 19.2. The summed E-state index contributed by atoms with van der Waals surface area (Å²) < 4.78 is 53.7. The molecule has 5 rings (SSSR count). The van der Waals surface area contributed by atoms with Gasteiger partial charge in [-0.2, -0.15) is 13.8 Å². The van der Waals surface area contributed by atoms with Crippen LogP contribution in [0.5, 0.6) is 0 Å². The number of anilines is 4. The Morgan fingerprint density at radius 1 is 1.05 bits per heavy atom. The van der Waals surface area contributed by atoms with Gasteiger partial charge in [0.15, 0.2) is 0 Å². The first-order valence-corrected chi connectivity index (χ1v) is 15.5. The van der Waals surface area contributed by atoms with Crippen LogP contribution in [0.3, 0.4) is 0 Å². The van der Waals surface area contributed by atoms with Gasteiger partial charge in [-0.1, -0.05) is 0 Å². The van der Waals surface area contributed by atoms with Crippen molar-refractivity contribution in [3.8, 4) is 0 Å². The Kier molecular flexibility index (Phi) is 8.20. The summed E-state index contributed by atoms with van der Waals surface area (Å²) in [5.74, 6) is 0.253. The van der Waals surface area contributed by atoms with Crippen molar-refractivity contribution in [1.29, 1.82) is 0 Å². The molecule has 1 spiro atoms. The summed E-state index contributed by atoms with van der Waals surface area (Å²) in [6.45, 7) is 4.91. The Morgan fingerprint density at radius 3 is 2.34 bits per heavy atom. The number of nitrogens with one attached hydrogen (secondary N) is 2. The van der Waals surface area contributed by atoms with E-state index in [4.69, 9.17) is 0 Å². The van der Waals surface area contributed by atoms with Crippen molar-refractivity contribution in [3.05, 3.63) is 47.2 Å². The molecule has 41 heavy (non-hydrogen) atoms. The first kappa shape index (κ1) is 29.2. The molecule has 0 radical (unpaired) electrons. The number of carbonyl (C=O) groups is 1. The average Bonchev–Trinajstić information content (AvgIpc) is 3.70. The van der Waals surface area contributed by atoms with E-state index >= 15 is 0 Å². The van der Waals surface area contributed by atoms with Gasteiger partial charge in [-0.05, 0) is 81.6 Å². The lowest BCUT2D eigenvalue weighted by atomic mass is 9.93. The molecule has 1 atom stereocenters. The number of aliphatic hydroxyl groups excluding tert-OH is 1. The predicted octanol–water partition coefficient (Wildman–Crippen LogP) is 4.29. The minimum atomic E-state index is -3.81. The number of piperidine rings is 2. The third-order valence-corrected chi connectivity index (χ3v) is 10.1. The monoisotopic (exact) mass is 590 g/mol. The van der Waals surface area contributed by atoms with Crippen LogP contribution in [-0.2, 0) is 10.0 Å². The third-order valence-electron chi connectivity index (χ3n) is 8.41. The molecule has 3 fully saturated rings. The molecule has 0 bridgehead atoms. The highest BCUT2D eigenvalue weighted by atomic mass is 32.2. The van der Waals surface area contributed by atoms with Crippen molar-refractivity contribution in [2.24, 2.45) is 5.41 Å². The zero-order valence-corrected chi connectivity index (χ0v) is 24.1. The van der Waals surface area contributed by atoms with Gasteiger partial charge >= 0.3 is 0 Å². The minimum absolute atomic E-state index is 0.150. The van der Waals surface area contributed by atoms with Gasteiger partial charge in [0.1, 0.15) is 11.1 Å². The predicted molar refractivity (Wildman–Crippen MR) is 154 cm³/mol. The van der Waals surface area contributed by atoms with Gasteiger partial charge < -0.3 is 20.2 Å². The van der Waals surface area contributed by atoms with E-state index in [-0.39, 0.29) is 18.4 Å². The topological polar surface area (TPSA) is 128 Å². The van der Waals surface area contributed by atoms with Crippen LogP contribution in [0.1, 0.15) is 61.5 Å². The number of aliphatic hydroxyl groups is 1. The molecule has 2 saturated heterocycles. The summed E-state index contributed by atoms with van der Waals surface area (Å²) in [4.78, 5) is 26.5. The molecule has 13 heteroatoms. The van der Waals surface area contributed by atoms with E-state index in [1.54, 1.807) is 25.1 Å². The summed E-state index contributed by atoms with van der Waals surface area (Å²) in [6.07, 6.45) is 3.31. The lowest BCUT2D eigenvalue weighted by molar-refractivity contribution is 0.102. The SMILES string of the molecule is Cc1cc(NC(=O)c2ccc(NS(=O)(=O)C(C)CO)cc2N2CCC3(CC2)CC3)nc(N2CCC(=C(F)F)CC2)n1. The summed E-state index contributed by atoms with van der Waals surface area (Å²) >= 11 is 0. The van der Waals surface area contributed by atoms with Gasteiger partial charge in [-0.15, -0.1) is 0 Å². The molecule has 2 aliphatic heterocycles. The number of carbonyl (C=O) groups excluding carboxylic acids is 1. The highest BCUT2D eigenvalue weighted by molar-refractivity contribution is 7.93. The van der Waals surface area contributed by atoms with E-state index in [1.165, 1.54) is 25.8 Å². The lowest BCUT2D eigenvalue weighted by Gasteiger charge is -2.35. The minimum Gasteiger partial charge on any atom is -0.395 e. The molecule has 1 unspecified atom stereocenters. The number of amides is 1. The Balaban J connectivity index is 1.39. The van der Waals surface area contributed by atoms with Gasteiger partial charge in [0.05, 0.1) is 23.5 Å². The van der Waals surface area contributed by atoms with E-state index in [2.05, 4.69) is 24.9 Å². The van der Waals surface area contributed by atoms with E-state index in [1.807, 2.05) is 4.90 Å². The maximum Gasteiger partial charge on any atom is 0.269 e. The van der Waals surface area contributed by atoms with E-state index < -0.39 is 33.9 Å². The van der Waals surface area contributed by atoms with Crippen LogP contribution < -0.4 is 19.8 Å². The Bertz CT molecular complexity index is 1440. The van der Waals surface area contributed by atoms with Crippen LogP contribution in [0.25, 0.3) is 0 Å². The number of hydrogen-bond acceptors (Lipinski definition) is 8. The van der Waals surface area contributed by atoms with Crippen LogP contribution in [0.15, 0.2) is 35.9 Å². The molecule has 3 N–H and O–H groups in total. The summed E-state index contributed by atoms with van der Waals surface area (Å²) in [5, 5.41) is 11.2. The van der Waals surface area contributed by atoms with Crippen molar-refractivity contribution in [1.82, 2.24) is 9.97 Å². The number of rotatable bonds is 8. The number of sulfonamides is 1. The van der Waals surface area contributed by atoms with Crippen molar-refractivity contribution in [3.63, 3.8) is 0 Å². The Hall–Kier alpha value is -3.32. The van der Waals surface area contributed by atoms with Crippen LogP contribution in [0.4, 0.5) is 31.9 Å². The molecule has 2 aromatic rings. The van der Waals surface area contributed by atoms with Crippen molar-refractivity contribution in [2.75, 3.05) is 52.6 Å². The fourth-order valence-electron chi connectivity index (χ4n) is 5.42. The smallest absolute Gasteiger partial charge is 0.269 e. The van der Waals surface area contributed by atoms with E-state index in [0.717, 1.165) is 25.9 Å². The maximum atomic E-state index is 13.6. The van der Waals surface area contributed by atoms with E-state index in [9.17, 15) is 27.1 Å². The highest BCUT2D eigenvalue weighted by Crippen LogP contribution is 2.54. The molecule has 3 aliphatic rings. The molecule has 10 nitrogen and oxygen atoms in total. The molecule has 1 aromatic carbocycles. The average molecular weight is 591 g/mol. The molecule has 1 amide bonds. The second kappa shape index (κ2) is 11.5. The quantitative estimate of drug-likeness (QED) is 0.416. The zero-order valence-electron chi connectivity index (χ0n) is 23.3. The van der Waals surface area contributed by atoms with E-state index in [0.29, 0.717) is 52.9 Å². The second-order valence-electron chi connectivity index (χ2n) is 11.4. The number of hydrogen-bond donors (Lipinski definition) is 3. The van der Waals surface area contributed by atoms with Gasteiger partial charge in [-0.25, -0.2) is 13.4 Å². The zero-order chi connectivity index (χ0) is 29.4. The third kappa shape index (κ3) is 6.61. The number of aromatic nitrogens is 2. The number of nitrogens with zero attached hydrogens (tertiary/aromatic N) is 4. The summed E-state index contributed by atoms with van der Waals surface area (Å²) in [7, 11) is -3.81. The molecule has 1 aliphatic carbocycles. The highest BCUT2D eigenvalue weighted by Gasteiger charge is 2.44. The standard InChI is InChI=1S/C28H36F2N6O4S/c1-18-15-24(33-27(31-18)36-11-5-20(6-12-36)25(29)30)32-26(38)22-4-3-21(34-41(39,40)19(2)17-37)16-23(22)35-13-9-28(7-8-28)10-14-35/h3-4,15-16,19,34,37H,5-14,17H2,1-2H3,(H,31,32,33,38). The van der Waals surface area contributed by atoms with Crippen LogP contribution in [0.2, 0.25) is 0 Å². The number of halogens is 2. The van der Waals surface area contributed by atoms with Crippen LogP contribution in [-0.4, -0.2) is 67.4 Å². The largest absolute Gasteiger partial charge is 0.395 e. The molecular formula is C28H36F2N6O4S. The summed E-state index contributed by atoms with van der Waals surface area (Å²) in [6, 6.07) is 6.44. The van der Waals surface area contributed by atoms with Gasteiger partial charge in [0, 0.05) is 37.9 Å². The first-order valence-electron chi connectivity index (χ1n) is 14.0. The number of aryl methyl sites for hydroxylation is 1. The van der Waals surface area contributed by atoms with Gasteiger partial charge in [-0.3, -0.25) is 9.52 Å². The molecule has 3 heterocycles. The molecule has 1 saturated carbocycles. The lowest BCUT2D eigenvalue weighted by Crippen LogP contribution is -2.36. The Labute approximate surface area is 238 Å². The van der Waals surface area contributed by atoms with Crippen molar-refractivity contribution in [2.45, 2.75) is 57.6 Å². The van der Waals surface area contributed by atoms with Gasteiger partial charge in [0.25, 0.3) is 12.0 Å².